The number of aliphatic hydroxyl groups is 1. The summed E-state index contributed by atoms with van der Waals surface area (Å²) >= 11 is 1.59. The molecule has 0 saturated heterocycles. The van der Waals surface area contributed by atoms with Gasteiger partial charge in [0.05, 0.1) is 31.0 Å². The monoisotopic (exact) mass is 482 g/mol. The van der Waals surface area contributed by atoms with Crippen molar-refractivity contribution < 1.29 is 18.6 Å². The summed E-state index contributed by atoms with van der Waals surface area (Å²) in [5.41, 5.74) is 2.31. The van der Waals surface area contributed by atoms with Gasteiger partial charge in [-0.05, 0) is 66.6 Å². The minimum Gasteiger partial charge on any atom is -0.389 e. The van der Waals surface area contributed by atoms with Gasteiger partial charge in [-0.1, -0.05) is 24.3 Å². The lowest BCUT2D eigenvalue weighted by molar-refractivity contribution is -0.00103. The van der Waals surface area contributed by atoms with Crippen molar-refractivity contribution in [3.8, 4) is 0 Å². The summed E-state index contributed by atoms with van der Waals surface area (Å²) in [6.07, 6.45) is 3.95. The molecule has 1 N–H and O–H groups in total. The normalized spacial score (nSPS) is 14.5. The number of hydrogen-bond donors (Lipinski definition) is 1. The van der Waals surface area contributed by atoms with Crippen molar-refractivity contribution in [3.63, 3.8) is 0 Å². The van der Waals surface area contributed by atoms with Crippen molar-refractivity contribution in [1.29, 1.82) is 0 Å². The molecule has 5 rings (SSSR count). The van der Waals surface area contributed by atoms with Crippen molar-refractivity contribution in [1.82, 2.24) is 9.55 Å². The van der Waals surface area contributed by atoms with Gasteiger partial charge in [0.2, 0.25) is 0 Å². The lowest BCUT2D eigenvalue weighted by Gasteiger charge is -2.21. The van der Waals surface area contributed by atoms with Crippen LogP contribution in [-0.2, 0) is 24.1 Å². The summed E-state index contributed by atoms with van der Waals surface area (Å²) in [4.78, 5) is 19.6. The van der Waals surface area contributed by atoms with Gasteiger partial charge >= 0.3 is 0 Å². The van der Waals surface area contributed by atoms with Crippen molar-refractivity contribution in [2.45, 2.75) is 44.4 Å². The van der Waals surface area contributed by atoms with E-state index in [0.29, 0.717) is 16.5 Å². The minimum absolute atomic E-state index is 0.0337. The maximum Gasteiger partial charge on any atom is 0.262 e. The van der Waals surface area contributed by atoms with E-state index in [1.54, 1.807) is 35.6 Å². The summed E-state index contributed by atoms with van der Waals surface area (Å²) in [7, 11) is 0. The predicted molar refractivity (Wildman–Crippen MR) is 127 cm³/mol. The summed E-state index contributed by atoms with van der Waals surface area (Å²) in [6.45, 7) is -0.0441. The van der Waals surface area contributed by atoms with Crippen LogP contribution in [0.1, 0.15) is 40.5 Å². The molecule has 1 aliphatic carbocycles. The van der Waals surface area contributed by atoms with Crippen LogP contribution in [-0.4, -0.2) is 27.4 Å². The van der Waals surface area contributed by atoms with Gasteiger partial charge in [0, 0.05) is 4.88 Å². The van der Waals surface area contributed by atoms with Gasteiger partial charge in [-0.25, -0.2) is 13.8 Å². The molecule has 0 aliphatic heterocycles. The second kappa shape index (κ2) is 9.74. The molecule has 0 unspecified atom stereocenters. The molecule has 1 aliphatic rings. The molecular weight excluding hydrogens is 458 g/mol. The molecule has 0 bridgehead atoms. The molecule has 1 atom stereocenters. The van der Waals surface area contributed by atoms with Gasteiger partial charge in [-0.15, -0.1) is 11.3 Å². The lowest BCUT2D eigenvalue weighted by atomic mass is 9.97. The molecule has 2 aromatic heterocycles. The molecule has 34 heavy (non-hydrogen) atoms. The number of ether oxygens (including phenoxy) is 1. The third-order valence-electron chi connectivity index (χ3n) is 6.15. The molecule has 0 spiro atoms. The quantitative estimate of drug-likeness (QED) is 0.412. The Balaban J connectivity index is 1.34. The Labute approximate surface area is 199 Å². The van der Waals surface area contributed by atoms with Crippen LogP contribution in [0.25, 0.3) is 10.2 Å². The van der Waals surface area contributed by atoms with Gasteiger partial charge in [0.15, 0.2) is 0 Å². The van der Waals surface area contributed by atoms with Crippen LogP contribution in [0, 0.1) is 11.6 Å². The number of nitrogens with zero attached hydrogens (tertiary/aromatic N) is 2. The van der Waals surface area contributed by atoms with Crippen LogP contribution in [0.4, 0.5) is 8.78 Å². The van der Waals surface area contributed by atoms with Crippen LogP contribution in [0.2, 0.25) is 0 Å². The zero-order valence-electron chi connectivity index (χ0n) is 18.4. The molecular formula is C26H24F2N2O3S. The number of halogens is 2. The fraction of sp³-hybridized carbons (Fsp3) is 0.308. The highest BCUT2D eigenvalue weighted by Gasteiger charge is 2.22. The summed E-state index contributed by atoms with van der Waals surface area (Å²) < 4.78 is 34.3. The number of thiophene rings is 1. The van der Waals surface area contributed by atoms with Gasteiger partial charge < -0.3 is 9.84 Å². The average Bonchev–Trinajstić information content (AvgIpc) is 3.22. The first-order valence-corrected chi connectivity index (χ1v) is 12.1. The van der Waals surface area contributed by atoms with E-state index in [4.69, 9.17) is 4.74 Å². The number of hydrogen-bond acceptors (Lipinski definition) is 5. The Morgan fingerprint density at radius 1 is 1.00 bits per heavy atom. The molecule has 0 radical (unpaired) electrons. The Hall–Kier alpha value is -2.94. The maximum absolute atomic E-state index is 13.4. The molecule has 0 fully saturated rings. The third-order valence-corrected chi connectivity index (χ3v) is 7.35. The summed E-state index contributed by atoms with van der Waals surface area (Å²) in [6, 6.07) is 11.7. The topological polar surface area (TPSA) is 64.4 Å². The average molecular weight is 483 g/mol. The SMILES string of the molecule is O=c1c2c3c(sc2ncn1C[C@H](O)COC(c1ccc(F)cc1)c1ccc(F)cc1)CCCC3. The number of benzene rings is 2. The van der Waals surface area contributed by atoms with E-state index in [1.807, 2.05) is 0 Å². The smallest absolute Gasteiger partial charge is 0.262 e. The molecule has 8 heteroatoms. The third kappa shape index (κ3) is 4.66. The van der Waals surface area contributed by atoms with Crippen LogP contribution in [0.5, 0.6) is 0 Å². The fourth-order valence-electron chi connectivity index (χ4n) is 4.46. The first kappa shape index (κ1) is 22.8. The van der Waals surface area contributed by atoms with E-state index < -0.39 is 12.2 Å². The molecule has 2 heterocycles. The molecule has 0 amide bonds. The summed E-state index contributed by atoms with van der Waals surface area (Å²) in [5, 5.41) is 11.4. The van der Waals surface area contributed by atoms with Crippen LogP contribution >= 0.6 is 11.3 Å². The standard InChI is InChI=1S/C26H24F2N2O3S/c27-18-9-5-16(6-10-18)24(17-7-11-19(28)12-8-17)33-14-20(31)13-30-15-29-25-23(26(30)32)21-3-1-2-4-22(21)34-25/h5-12,15,20,24,31H,1-4,13-14H2/t20-/m0/s1. The first-order chi connectivity index (χ1) is 16.5. The Morgan fingerprint density at radius 2 is 1.62 bits per heavy atom. The Kier molecular flexibility index (Phi) is 6.54. The first-order valence-electron chi connectivity index (χ1n) is 11.3. The van der Waals surface area contributed by atoms with E-state index in [9.17, 15) is 18.7 Å². The van der Waals surface area contributed by atoms with Crippen molar-refractivity contribution in [2.24, 2.45) is 0 Å². The van der Waals surface area contributed by atoms with Crippen LogP contribution < -0.4 is 5.56 Å². The molecule has 2 aromatic carbocycles. The number of aromatic nitrogens is 2. The molecule has 0 saturated carbocycles. The van der Waals surface area contributed by atoms with Crippen LogP contribution in [0.3, 0.4) is 0 Å². The number of aryl methyl sites for hydroxylation is 2. The van der Waals surface area contributed by atoms with Crippen molar-refractivity contribution in [3.05, 3.63) is 98.4 Å². The van der Waals surface area contributed by atoms with E-state index in [-0.39, 0.29) is 30.3 Å². The van der Waals surface area contributed by atoms with E-state index in [2.05, 4.69) is 4.98 Å². The zero-order valence-corrected chi connectivity index (χ0v) is 19.2. The highest BCUT2D eigenvalue weighted by molar-refractivity contribution is 7.18. The highest BCUT2D eigenvalue weighted by atomic mass is 32.1. The molecule has 176 valence electrons. The number of rotatable bonds is 7. The largest absolute Gasteiger partial charge is 0.389 e. The van der Waals surface area contributed by atoms with Crippen molar-refractivity contribution in [2.75, 3.05) is 6.61 Å². The van der Waals surface area contributed by atoms with Gasteiger partial charge in [0.1, 0.15) is 22.6 Å². The van der Waals surface area contributed by atoms with Gasteiger partial charge in [-0.3, -0.25) is 9.36 Å². The maximum atomic E-state index is 13.4. The second-order valence-electron chi connectivity index (χ2n) is 8.56. The van der Waals surface area contributed by atoms with Gasteiger partial charge in [-0.2, -0.15) is 0 Å². The Morgan fingerprint density at radius 3 is 2.26 bits per heavy atom. The minimum atomic E-state index is -0.977. The number of fused-ring (bicyclic) bond motifs is 3. The number of aliphatic hydroxyl groups excluding tert-OH is 1. The van der Waals surface area contributed by atoms with Gasteiger partial charge in [0.25, 0.3) is 5.56 Å². The zero-order chi connectivity index (χ0) is 23.7. The van der Waals surface area contributed by atoms with Crippen LogP contribution in [0.15, 0.2) is 59.7 Å². The van der Waals surface area contributed by atoms with Crippen molar-refractivity contribution >= 4 is 21.6 Å². The van der Waals surface area contributed by atoms with E-state index in [0.717, 1.165) is 36.1 Å². The summed E-state index contributed by atoms with van der Waals surface area (Å²) in [5.74, 6) is -0.751. The van der Waals surface area contributed by atoms with E-state index >= 15 is 0 Å². The Bertz CT molecular complexity index is 1300. The highest BCUT2D eigenvalue weighted by Crippen LogP contribution is 2.33. The predicted octanol–water partition coefficient (Wildman–Crippen LogP) is 4.78. The lowest BCUT2D eigenvalue weighted by Crippen LogP contribution is -2.30. The molecule has 5 nitrogen and oxygen atoms in total. The van der Waals surface area contributed by atoms with E-state index in [1.165, 1.54) is 40.0 Å². The molecule has 4 aromatic rings. The fourth-order valence-corrected chi connectivity index (χ4v) is 5.68. The second-order valence-corrected chi connectivity index (χ2v) is 9.65.